The van der Waals surface area contributed by atoms with Crippen LogP contribution in [0.3, 0.4) is 0 Å². The van der Waals surface area contributed by atoms with Crippen molar-refractivity contribution in [3.8, 4) is 6.07 Å². The Kier molecular flexibility index (Phi) is 3.40. The molecule has 16 heavy (non-hydrogen) atoms. The standard InChI is InChI=1S/C10H7F2NO2S/c1-16(14,15)8(6-13)4-7-2-3-9(11)10(12)5-7/h2-5H,1H3. The Morgan fingerprint density at radius 3 is 2.44 bits per heavy atom. The van der Waals surface area contributed by atoms with E-state index in [2.05, 4.69) is 0 Å². The molecule has 0 radical (unpaired) electrons. The molecular formula is C10H7F2NO2S. The molecule has 0 N–H and O–H groups in total. The Morgan fingerprint density at radius 1 is 1.38 bits per heavy atom. The molecule has 0 heterocycles. The van der Waals surface area contributed by atoms with E-state index in [0.717, 1.165) is 24.5 Å². The molecular weight excluding hydrogens is 236 g/mol. The average molecular weight is 243 g/mol. The summed E-state index contributed by atoms with van der Waals surface area (Å²) in [6.45, 7) is 0. The van der Waals surface area contributed by atoms with Gasteiger partial charge in [-0.1, -0.05) is 6.07 Å². The van der Waals surface area contributed by atoms with Gasteiger partial charge in [0.2, 0.25) is 0 Å². The summed E-state index contributed by atoms with van der Waals surface area (Å²) < 4.78 is 47.5. The molecule has 0 atom stereocenters. The minimum absolute atomic E-state index is 0.112. The predicted octanol–water partition coefficient (Wildman–Crippen LogP) is 1.87. The number of rotatable bonds is 2. The van der Waals surface area contributed by atoms with Crippen LogP contribution >= 0.6 is 0 Å². The fourth-order valence-electron chi connectivity index (χ4n) is 0.976. The molecule has 6 heteroatoms. The van der Waals surface area contributed by atoms with Gasteiger partial charge in [0, 0.05) is 6.26 Å². The quantitative estimate of drug-likeness (QED) is 0.745. The van der Waals surface area contributed by atoms with Crippen molar-refractivity contribution in [2.24, 2.45) is 0 Å². The SMILES string of the molecule is CS(=O)(=O)C(C#N)=Cc1ccc(F)c(F)c1. The first-order valence-corrected chi connectivity index (χ1v) is 6.00. The first kappa shape index (κ1) is 12.3. The molecule has 1 aromatic carbocycles. The van der Waals surface area contributed by atoms with Crippen molar-refractivity contribution in [2.75, 3.05) is 6.26 Å². The first-order valence-electron chi connectivity index (χ1n) is 4.11. The first-order chi connectivity index (χ1) is 7.34. The van der Waals surface area contributed by atoms with Crippen molar-refractivity contribution in [1.29, 1.82) is 5.26 Å². The van der Waals surface area contributed by atoms with Crippen LogP contribution < -0.4 is 0 Å². The minimum Gasteiger partial charge on any atom is -0.223 e. The summed E-state index contributed by atoms with van der Waals surface area (Å²) >= 11 is 0. The van der Waals surface area contributed by atoms with Crippen molar-refractivity contribution in [3.63, 3.8) is 0 Å². The number of allylic oxidation sites excluding steroid dienone is 1. The molecule has 1 aromatic rings. The number of nitrogens with zero attached hydrogens (tertiary/aromatic N) is 1. The lowest BCUT2D eigenvalue weighted by atomic mass is 10.2. The molecule has 0 amide bonds. The van der Waals surface area contributed by atoms with E-state index in [1.54, 1.807) is 0 Å². The molecule has 0 aliphatic carbocycles. The number of benzene rings is 1. The monoisotopic (exact) mass is 243 g/mol. The number of sulfone groups is 1. The maximum Gasteiger partial charge on any atom is 0.185 e. The zero-order valence-corrected chi connectivity index (χ0v) is 9.05. The van der Waals surface area contributed by atoms with Crippen molar-refractivity contribution >= 4 is 15.9 Å². The maximum atomic E-state index is 12.8. The summed E-state index contributed by atoms with van der Waals surface area (Å²) in [6.07, 6.45) is 1.85. The van der Waals surface area contributed by atoms with Gasteiger partial charge in [0.15, 0.2) is 21.5 Å². The number of hydrogen-bond acceptors (Lipinski definition) is 3. The van der Waals surface area contributed by atoms with E-state index in [9.17, 15) is 17.2 Å². The Balaban J connectivity index is 3.27. The molecule has 0 saturated heterocycles. The Morgan fingerprint density at radius 2 is 2.00 bits per heavy atom. The molecule has 0 unspecified atom stereocenters. The lowest BCUT2D eigenvalue weighted by Gasteiger charge is -1.97. The fraction of sp³-hybridized carbons (Fsp3) is 0.100. The largest absolute Gasteiger partial charge is 0.223 e. The second kappa shape index (κ2) is 4.41. The van der Waals surface area contributed by atoms with E-state index in [4.69, 9.17) is 5.26 Å². The van der Waals surface area contributed by atoms with Crippen LogP contribution in [0.5, 0.6) is 0 Å². The Bertz CT molecular complexity index is 585. The van der Waals surface area contributed by atoms with Gasteiger partial charge in [-0.2, -0.15) is 5.26 Å². The summed E-state index contributed by atoms with van der Waals surface area (Å²) in [5.74, 6) is -2.13. The molecule has 0 aliphatic rings. The van der Waals surface area contributed by atoms with Gasteiger partial charge in [-0.25, -0.2) is 17.2 Å². The topological polar surface area (TPSA) is 57.9 Å². The summed E-state index contributed by atoms with van der Waals surface area (Å²) in [5.41, 5.74) is 0.112. The van der Waals surface area contributed by atoms with Gasteiger partial charge in [0.1, 0.15) is 11.0 Å². The third kappa shape index (κ3) is 2.87. The molecule has 0 aromatic heterocycles. The van der Waals surface area contributed by atoms with Crippen molar-refractivity contribution in [2.45, 2.75) is 0 Å². The number of nitriles is 1. The average Bonchev–Trinajstić information content (AvgIpc) is 2.18. The van der Waals surface area contributed by atoms with Crippen LogP contribution in [-0.4, -0.2) is 14.7 Å². The molecule has 0 saturated carbocycles. The van der Waals surface area contributed by atoms with Crippen molar-refractivity contribution in [1.82, 2.24) is 0 Å². The lowest BCUT2D eigenvalue weighted by molar-refractivity contribution is 0.508. The fourth-order valence-corrected chi connectivity index (χ4v) is 1.49. The zero-order chi connectivity index (χ0) is 12.3. The normalized spacial score (nSPS) is 12.2. The van der Waals surface area contributed by atoms with Gasteiger partial charge in [0.25, 0.3) is 0 Å². The van der Waals surface area contributed by atoms with Gasteiger partial charge in [0.05, 0.1) is 0 Å². The molecule has 0 bridgehead atoms. The second-order valence-electron chi connectivity index (χ2n) is 3.07. The maximum absolute atomic E-state index is 12.8. The molecule has 1 rings (SSSR count). The van der Waals surface area contributed by atoms with Gasteiger partial charge in [-0.15, -0.1) is 0 Å². The van der Waals surface area contributed by atoms with E-state index in [1.807, 2.05) is 0 Å². The van der Waals surface area contributed by atoms with E-state index < -0.39 is 26.4 Å². The highest BCUT2D eigenvalue weighted by Crippen LogP contribution is 2.14. The Labute approximate surface area is 91.6 Å². The second-order valence-corrected chi connectivity index (χ2v) is 5.05. The summed E-state index contributed by atoms with van der Waals surface area (Å²) in [6, 6.07) is 4.34. The third-order valence-electron chi connectivity index (χ3n) is 1.75. The van der Waals surface area contributed by atoms with Gasteiger partial charge in [-0.05, 0) is 23.8 Å². The van der Waals surface area contributed by atoms with E-state index in [-0.39, 0.29) is 5.56 Å². The highest BCUT2D eigenvalue weighted by molar-refractivity contribution is 7.95. The van der Waals surface area contributed by atoms with Crippen LogP contribution in [0.25, 0.3) is 6.08 Å². The van der Waals surface area contributed by atoms with Gasteiger partial charge in [-0.3, -0.25) is 0 Å². The van der Waals surface area contributed by atoms with E-state index in [1.165, 1.54) is 12.1 Å². The van der Waals surface area contributed by atoms with E-state index >= 15 is 0 Å². The summed E-state index contributed by atoms with van der Waals surface area (Å²) in [5, 5.41) is 8.58. The molecule has 0 aliphatic heterocycles. The number of halogens is 2. The molecule has 0 fully saturated rings. The predicted molar refractivity (Wildman–Crippen MR) is 54.8 cm³/mol. The summed E-state index contributed by atoms with van der Waals surface area (Å²) in [7, 11) is -3.65. The van der Waals surface area contributed by atoms with Crippen LogP contribution in [0.2, 0.25) is 0 Å². The minimum atomic E-state index is -3.65. The van der Waals surface area contributed by atoms with E-state index in [0.29, 0.717) is 0 Å². The lowest BCUT2D eigenvalue weighted by Crippen LogP contribution is -1.98. The van der Waals surface area contributed by atoms with Crippen LogP contribution in [0, 0.1) is 23.0 Å². The highest BCUT2D eigenvalue weighted by Gasteiger charge is 2.11. The van der Waals surface area contributed by atoms with Gasteiger partial charge >= 0.3 is 0 Å². The zero-order valence-electron chi connectivity index (χ0n) is 8.24. The van der Waals surface area contributed by atoms with Crippen LogP contribution in [0.1, 0.15) is 5.56 Å². The van der Waals surface area contributed by atoms with Crippen LogP contribution in [-0.2, 0) is 9.84 Å². The highest BCUT2D eigenvalue weighted by atomic mass is 32.2. The van der Waals surface area contributed by atoms with Crippen molar-refractivity contribution < 1.29 is 17.2 Å². The number of hydrogen-bond donors (Lipinski definition) is 0. The van der Waals surface area contributed by atoms with Gasteiger partial charge < -0.3 is 0 Å². The van der Waals surface area contributed by atoms with Crippen molar-refractivity contribution in [3.05, 3.63) is 40.3 Å². The molecule has 0 spiro atoms. The summed E-state index contributed by atoms with van der Waals surface area (Å²) in [4.78, 5) is -0.501. The Hall–Kier alpha value is -1.74. The smallest absolute Gasteiger partial charge is 0.185 e. The van der Waals surface area contributed by atoms with Crippen LogP contribution in [0.15, 0.2) is 23.1 Å². The third-order valence-corrected chi connectivity index (χ3v) is 2.76. The van der Waals surface area contributed by atoms with Crippen LogP contribution in [0.4, 0.5) is 8.78 Å². The molecule has 3 nitrogen and oxygen atoms in total. The molecule has 84 valence electrons.